The Bertz CT molecular complexity index is 842. The van der Waals surface area contributed by atoms with Crippen molar-refractivity contribution >= 4 is 11.9 Å². The average molecular weight is 401 g/mol. The van der Waals surface area contributed by atoms with Gasteiger partial charge >= 0.3 is 0 Å². The van der Waals surface area contributed by atoms with Crippen molar-refractivity contribution in [3.8, 4) is 5.75 Å². The van der Waals surface area contributed by atoms with E-state index in [1.807, 2.05) is 25.6 Å². The van der Waals surface area contributed by atoms with Gasteiger partial charge in [0.2, 0.25) is 0 Å². The summed E-state index contributed by atoms with van der Waals surface area (Å²) in [5, 5.41) is 23.3. The Morgan fingerprint density at radius 3 is 2.52 bits per heavy atom. The Morgan fingerprint density at radius 1 is 1.24 bits per heavy atom. The fourth-order valence-corrected chi connectivity index (χ4v) is 3.08. The monoisotopic (exact) mass is 400 g/mol. The van der Waals surface area contributed by atoms with Crippen molar-refractivity contribution in [3.05, 3.63) is 46.8 Å². The minimum atomic E-state index is -0.186. The fourth-order valence-electron chi connectivity index (χ4n) is 3.08. The number of nitrogens with zero attached hydrogens (tertiary/aromatic N) is 3. The van der Waals surface area contributed by atoms with E-state index in [0.29, 0.717) is 18.7 Å². The highest BCUT2D eigenvalue weighted by molar-refractivity contribution is 5.94. The minimum absolute atomic E-state index is 0.137. The molecule has 29 heavy (non-hydrogen) atoms. The normalized spacial score (nSPS) is 12.5. The molecule has 0 saturated heterocycles. The number of nitrogens with one attached hydrogen (secondary N) is 3. The van der Waals surface area contributed by atoms with E-state index in [1.54, 1.807) is 12.1 Å². The molecule has 0 bridgehead atoms. The van der Waals surface area contributed by atoms with Crippen LogP contribution in [0, 0.1) is 13.8 Å². The lowest BCUT2D eigenvalue weighted by Gasteiger charge is -2.18. The number of rotatable bonds is 8. The molecule has 1 aromatic heterocycles. The standard InChI is InChI=1S/C21H32N6O2/c1-6-22-21(25-14(2)13-19-15(3)26-27(5)16(19)4)24-12-11-23-20(29)17-7-9-18(28)10-8-17/h7-10,14,28H,6,11-13H2,1-5H3,(H,23,29)(H2,22,24,25). The maximum absolute atomic E-state index is 12.1. The van der Waals surface area contributed by atoms with Crippen molar-refractivity contribution in [1.82, 2.24) is 25.7 Å². The molecule has 0 saturated carbocycles. The number of aliphatic imine (C=N–C) groups is 1. The molecule has 0 spiro atoms. The molecule has 1 amide bonds. The largest absolute Gasteiger partial charge is 0.508 e. The second kappa shape index (κ2) is 10.5. The first-order valence-electron chi connectivity index (χ1n) is 9.93. The van der Waals surface area contributed by atoms with E-state index in [-0.39, 0.29) is 17.7 Å². The molecular weight excluding hydrogens is 368 g/mol. The van der Waals surface area contributed by atoms with E-state index in [1.165, 1.54) is 23.4 Å². The number of carbonyl (C=O) groups is 1. The lowest BCUT2D eigenvalue weighted by atomic mass is 10.1. The van der Waals surface area contributed by atoms with Gasteiger partial charge in [-0.25, -0.2) is 0 Å². The van der Waals surface area contributed by atoms with Crippen LogP contribution in [0.2, 0.25) is 0 Å². The third-order valence-corrected chi connectivity index (χ3v) is 4.69. The molecule has 158 valence electrons. The van der Waals surface area contributed by atoms with E-state index >= 15 is 0 Å². The molecule has 0 fully saturated rings. The van der Waals surface area contributed by atoms with E-state index < -0.39 is 0 Å². The van der Waals surface area contributed by atoms with Crippen molar-refractivity contribution < 1.29 is 9.90 Å². The van der Waals surface area contributed by atoms with E-state index in [9.17, 15) is 9.90 Å². The summed E-state index contributed by atoms with van der Waals surface area (Å²) in [5.41, 5.74) is 3.99. The van der Waals surface area contributed by atoms with Crippen LogP contribution in [0.1, 0.15) is 41.2 Å². The molecule has 0 aliphatic rings. The summed E-state index contributed by atoms with van der Waals surface area (Å²) in [4.78, 5) is 16.6. The molecule has 8 heteroatoms. The van der Waals surface area contributed by atoms with Crippen LogP contribution in [0.25, 0.3) is 0 Å². The Kier molecular flexibility index (Phi) is 8.06. The molecule has 1 aromatic carbocycles. The molecule has 0 radical (unpaired) electrons. The van der Waals surface area contributed by atoms with E-state index in [2.05, 4.69) is 39.9 Å². The first kappa shape index (κ1) is 22.3. The number of benzene rings is 1. The van der Waals surface area contributed by atoms with Crippen LogP contribution >= 0.6 is 0 Å². The maximum Gasteiger partial charge on any atom is 0.251 e. The Balaban J connectivity index is 1.86. The van der Waals surface area contributed by atoms with Gasteiger partial charge in [-0.05, 0) is 63.9 Å². The van der Waals surface area contributed by atoms with Gasteiger partial charge in [-0.1, -0.05) is 0 Å². The number of hydrogen-bond donors (Lipinski definition) is 4. The predicted octanol–water partition coefficient (Wildman–Crippen LogP) is 1.66. The number of aryl methyl sites for hydroxylation is 2. The molecule has 0 aliphatic heterocycles. The summed E-state index contributed by atoms with van der Waals surface area (Å²) < 4.78 is 1.91. The predicted molar refractivity (Wildman–Crippen MR) is 115 cm³/mol. The van der Waals surface area contributed by atoms with Crippen LogP contribution < -0.4 is 16.0 Å². The third-order valence-electron chi connectivity index (χ3n) is 4.69. The molecule has 2 rings (SSSR count). The zero-order chi connectivity index (χ0) is 21.4. The van der Waals surface area contributed by atoms with Crippen LogP contribution in [0.3, 0.4) is 0 Å². The summed E-state index contributed by atoms with van der Waals surface area (Å²) in [7, 11) is 1.96. The number of guanidine groups is 1. The topological polar surface area (TPSA) is 104 Å². The highest BCUT2D eigenvalue weighted by atomic mass is 16.3. The van der Waals surface area contributed by atoms with Crippen LogP contribution in [-0.2, 0) is 13.5 Å². The first-order valence-corrected chi connectivity index (χ1v) is 9.93. The smallest absolute Gasteiger partial charge is 0.251 e. The van der Waals surface area contributed by atoms with Gasteiger partial charge in [0.15, 0.2) is 5.96 Å². The number of phenols is 1. The summed E-state index contributed by atoms with van der Waals surface area (Å²) in [6.45, 7) is 9.88. The molecule has 2 aromatic rings. The number of amides is 1. The Hall–Kier alpha value is -3.03. The lowest BCUT2D eigenvalue weighted by Crippen LogP contribution is -2.43. The number of carbonyl (C=O) groups excluding carboxylic acids is 1. The van der Waals surface area contributed by atoms with Gasteiger partial charge in [0.1, 0.15) is 5.75 Å². The van der Waals surface area contributed by atoms with Crippen molar-refractivity contribution in [3.63, 3.8) is 0 Å². The van der Waals surface area contributed by atoms with Gasteiger partial charge in [-0.2, -0.15) is 5.10 Å². The quantitative estimate of drug-likeness (QED) is 0.307. The Morgan fingerprint density at radius 2 is 1.93 bits per heavy atom. The first-order chi connectivity index (χ1) is 13.8. The zero-order valence-electron chi connectivity index (χ0n) is 17.9. The van der Waals surface area contributed by atoms with Gasteiger partial charge in [-0.15, -0.1) is 0 Å². The van der Waals surface area contributed by atoms with Gasteiger partial charge in [0.05, 0.1) is 12.2 Å². The highest BCUT2D eigenvalue weighted by Gasteiger charge is 2.14. The van der Waals surface area contributed by atoms with Gasteiger partial charge in [0, 0.05) is 37.4 Å². The third kappa shape index (κ3) is 6.51. The summed E-state index contributed by atoms with van der Waals surface area (Å²) in [6, 6.07) is 6.34. The van der Waals surface area contributed by atoms with E-state index in [0.717, 1.165) is 24.6 Å². The van der Waals surface area contributed by atoms with Crippen molar-refractivity contribution in [2.45, 2.75) is 40.2 Å². The SMILES string of the molecule is CCNC(=NCCNC(=O)c1ccc(O)cc1)NC(C)Cc1c(C)nn(C)c1C. The zero-order valence-corrected chi connectivity index (χ0v) is 17.9. The van der Waals surface area contributed by atoms with Crippen LogP contribution in [-0.4, -0.2) is 52.4 Å². The van der Waals surface area contributed by atoms with Gasteiger partial charge in [-0.3, -0.25) is 14.5 Å². The molecule has 1 unspecified atom stereocenters. The van der Waals surface area contributed by atoms with Gasteiger partial charge in [0.25, 0.3) is 5.91 Å². The van der Waals surface area contributed by atoms with Crippen LogP contribution in [0.4, 0.5) is 0 Å². The maximum atomic E-state index is 12.1. The van der Waals surface area contributed by atoms with E-state index in [4.69, 9.17) is 0 Å². The highest BCUT2D eigenvalue weighted by Crippen LogP contribution is 2.14. The second-order valence-corrected chi connectivity index (χ2v) is 7.09. The lowest BCUT2D eigenvalue weighted by molar-refractivity contribution is 0.0955. The number of phenolic OH excluding ortho intramolecular Hbond substituents is 1. The summed E-state index contributed by atoms with van der Waals surface area (Å²) >= 11 is 0. The molecule has 1 atom stereocenters. The van der Waals surface area contributed by atoms with Crippen molar-refractivity contribution in [1.29, 1.82) is 0 Å². The minimum Gasteiger partial charge on any atom is -0.508 e. The molecule has 0 aliphatic carbocycles. The van der Waals surface area contributed by atoms with Crippen molar-refractivity contribution in [2.24, 2.45) is 12.0 Å². The van der Waals surface area contributed by atoms with Crippen molar-refractivity contribution in [2.75, 3.05) is 19.6 Å². The Labute approximate surface area is 172 Å². The molecule has 1 heterocycles. The molecule has 8 nitrogen and oxygen atoms in total. The fraction of sp³-hybridized carbons (Fsp3) is 0.476. The molecule has 4 N–H and O–H groups in total. The number of aromatic nitrogens is 2. The van der Waals surface area contributed by atoms with Gasteiger partial charge < -0.3 is 21.1 Å². The molecular formula is C21H32N6O2. The summed E-state index contributed by atoms with van der Waals surface area (Å²) in [6.07, 6.45) is 0.855. The van der Waals surface area contributed by atoms with Crippen LogP contribution in [0.5, 0.6) is 5.75 Å². The average Bonchev–Trinajstić information content (AvgIpc) is 2.91. The van der Waals surface area contributed by atoms with Crippen LogP contribution in [0.15, 0.2) is 29.3 Å². The number of hydrogen-bond acceptors (Lipinski definition) is 4. The second-order valence-electron chi connectivity index (χ2n) is 7.09. The summed E-state index contributed by atoms with van der Waals surface area (Å²) in [5.74, 6) is 0.672. The number of aromatic hydroxyl groups is 1.